The molecule has 0 saturated heterocycles. The fourth-order valence-electron chi connectivity index (χ4n) is 1.35. The molecule has 13 heavy (non-hydrogen) atoms. The summed E-state index contributed by atoms with van der Waals surface area (Å²) in [6, 6.07) is 4.07. The number of aryl methyl sites for hydroxylation is 1. The van der Waals surface area contributed by atoms with Crippen LogP contribution >= 0.6 is 0 Å². The van der Waals surface area contributed by atoms with Gasteiger partial charge in [-0.1, -0.05) is 13.3 Å². The lowest BCUT2D eigenvalue weighted by molar-refractivity contribution is 0.748. The highest BCUT2D eigenvalue weighted by Gasteiger charge is 1.97. The molecule has 0 aliphatic carbocycles. The summed E-state index contributed by atoms with van der Waals surface area (Å²) in [5.74, 6) is 0. The quantitative estimate of drug-likeness (QED) is 0.714. The number of hydrogen-bond acceptors (Lipinski definition) is 2. The number of nitrogens with zero attached hydrogens (tertiary/aromatic N) is 3. The zero-order valence-electron chi connectivity index (χ0n) is 7.77. The predicted molar refractivity (Wildman–Crippen MR) is 51.6 cm³/mol. The van der Waals surface area contributed by atoms with Crippen LogP contribution in [0.15, 0.2) is 24.5 Å². The Morgan fingerprint density at radius 2 is 2.31 bits per heavy atom. The Hall–Kier alpha value is -1.38. The van der Waals surface area contributed by atoms with E-state index in [0.29, 0.717) is 0 Å². The molecule has 0 radical (unpaired) electrons. The molecule has 0 amide bonds. The van der Waals surface area contributed by atoms with Gasteiger partial charge in [0.05, 0.1) is 5.69 Å². The first-order chi connectivity index (χ1) is 6.40. The van der Waals surface area contributed by atoms with Gasteiger partial charge >= 0.3 is 0 Å². The molecule has 0 fully saturated rings. The Morgan fingerprint density at radius 1 is 1.38 bits per heavy atom. The topological polar surface area (TPSA) is 30.2 Å². The van der Waals surface area contributed by atoms with Gasteiger partial charge in [-0.2, -0.15) is 5.10 Å². The number of fused-ring (bicyclic) bond motifs is 1. The minimum Gasteiger partial charge on any atom is -0.236 e. The van der Waals surface area contributed by atoms with Crippen LogP contribution in [0, 0.1) is 0 Å². The Bertz CT molecular complexity index is 392. The van der Waals surface area contributed by atoms with Crippen molar-refractivity contribution in [2.75, 3.05) is 0 Å². The second-order valence-corrected chi connectivity index (χ2v) is 3.16. The molecule has 0 aliphatic heterocycles. The molecular formula is C10H13N3. The van der Waals surface area contributed by atoms with Crippen LogP contribution in [-0.4, -0.2) is 14.6 Å². The van der Waals surface area contributed by atoms with E-state index >= 15 is 0 Å². The van der Waals surface area contributed by atoms with Crippen molar-refractivity contribution in [3.63, 3.8) is 0 Å². The van der Waals surface area contributed by atoms with Crippen LogP contribution in [0.5, 0.6) is 0 Å². The first-order valence-electron chi connectivity index (χ1n) is 4.69. The highest BCUT2D eigenvalue weighted by molar-refractivity contribution is 5.36. The monoisotopic (exact) mass is 175 g/mol. The third-order valence-electron chi connectivity index (χ3n) is 2.10. The van der Waals surface area contributed by atoms with E-state index in [2.05, 4.69) is 23.1 Å². The maximum atomic E-state index is 4.43. The molecule has 0 aromatic carbocycles. The van der Waals surface area contributed by atoms with Gasteiger partial charge in [-0.15, -0.1) is 0 Å². The molecule has 2 rings (SSSR count). The van der Waals surface area contributed by atoms with Crippen LogP contribution in [0.3, 0.4) is 0 Å². The molecule has 0 atom stereocenters. The third kappa shape index (κ3) is 1.69. The summed E-state index contributed by atoms with van der Waals surface area (Å²) < 4.78 is 1.82. The summed E-state index contributed by atoms with van der Waals surface area (Å²) in [6.07, 6.45) is 7.12. The normalized spacial score (nSPS) is 10.8. The molecule has 3 nitrogen and oxygen atoms in total. The van der Waals surface area contributed by atoms with Crippen LogP contribution in [0.25, 0.3) is 5.65 Å². The van der Waals surface area contributed by atoms with Crippen molar-refractivity contribution in [1.29, 1.82) is 0 Å². The van der Waals surface area contributed by atoms with Crippen molar-refractivity contribution >= 4 is 5.65 Å². The van der Waals surface area contributed by atoms with Crippen LogP contribution < -0.4 is 0 Å². The molecule has 68 valence electrons. The number of unbranched alkanes of at least 4 members (excludes halogenated alkanes) is 1. The molecular weight excluding hydrogens is 162 g/mol. The van der Waals surface area contributed by atoms with E-state index in [1.165, 1.54) is 12.8 Å². The standard InChI is InChI=1S/C10H13N3/c1-2-3-4-9-5-6-10-11-7-8-13(10)12-9/h5-8H,2-4H2,1H3. The third-order valence-corrected chi connectivity index (χ3v) is 2.10. The highest BCUT2D eigenvalue weighted by Crippen LogP contribution is 2.03. The summed E-state index contributed by atoms with van der Waals surface area (Å²) in [5, 5.41) is 4.43. The van der Waals surface area contributed by atoms with E-state index < -0.39 is 0 Å². The number of aromatic nitrogens is 3. The van der Waals surface area contributed by atoms with E-state index in [1.54, 1.807) is 6.20 Å². The Morgan fingerprint density at radius 3 is 3.15 bits per heavy atom. The maximum Gasteiger partial charge on any atom is 0.153 e. The minimum atomic E-state index is 0.917. The number of imidazole rings is 1. The highest BCUT2D eigenvalue weighted by atomic mass is 15.2. The van der Waals surface area contributed by atoms with E-state index in [-0.39, 0.29) is 0 Å². The molecule has 0 bridgehead atoms. The Labute approximate surface area is 77.4 Å². The zero-order valence-corrected chi connectivity index (χ0v) is 7.77. The first-order valence-corrected chi connectivity index (χ1v) is 4.69. The van der Waals surface area contributed by atoms with Gasteiger partial charge in [0.1, 0.15) is 0 Å². The lowest BCUT2D eigenvalue weighted by Crippen LogP contribution is -1.96. The van der Waals surface area contributed by atoms with Gasteiger partial charge in [0.15, 0.2) is 5.65 Å². The lowest BCUT2D eigenvalue weighted by Gasteiger charge is -1.98. The second-order valence-electron chi connectivity index (χ2n) is 3.16. The minimum absolute atomic E-state index is 0.917. The average Bonchev–Trinajstić information content (AvgIpc) is 2.61. The summed E-state index contributed by atoms with van der Waals surface area (Å²) in [4.78, 5) is 4.14. The molecule has 3 heteroatoms. The van der Waals surface area contributed by atoms with Crippen LogP contribution in [0.4, 0.5) is 0 Å². The molecule has 0 unspecified atom stereocenters. The van der Waals surface area contributed by atoms with Gasteiger partial charge in [0, 0.05) is 12.4 Å². The largest absolute Gasteiger partial charge is 0.236 e. The smallest absolute Gasteiger partial charge is 0.153 e. The summed E-state index contributed by atoms with van der Waals surface area (Å²) >= 11 is 0. The Balaban J connectivity index is 2.26. The van der Waals surface area contributed by atoms with E-state index in [4.69, 9.17) is 0 Å². The van der Waals surface area contributed by atoms with Crippen molar-refractivity contribution in [3.8, 4) is 0 Å². The molecule has 0 spiro atoms. The Kier molecular flexibility index (Phi) is 2.25. The molecule has 0 N–H and O–H groups in total. The van der Waals surface area contributed by atoms with Crippen LogP contribution in [0.1, 0.15) is 25.5 Å². The van der Waals surface area contributed by atoms with E-state index in [9.17, 15) is 0 Å². The first kappa shape index (κ1) is 8.23. The number of rotatable bonds is 3. The van der Waals surface area contributed by atoms with Crippen molar-refractivity contribution in [3.05, 3.63) is 30.2 Å². The SMILES string of the molecule is CCCCc1ccc2nccn2n1. The summed E-state index contributed by atoms with van der Waals surface area (Å²) in [6.45, 7) is 2.19. The molecule has 0 saturated carbocycles. The molecule has 2 aromatic rings. The van der Waals surface area contributed by atoms with Crippen molar-refractivity contribution in [2.24, 2.45) is 0 Å². The van der Waals surface area contributed by atoms with E-state index in [0.717, 1.165) is 17.8 Å². The van der Waals surface area contributed by atoms with Crippen molar-refractivity contribution in [2.45, 2.75) is 26.2 Å². The van der Waals surface area contributed by atoms with Crippen molar-refractivity contribution in [1.82, 2.24) is 14.6 Å². The molecule has 2 heterocycles. The zero-order chi connectivity index (χ0) is 9.10. The summed E-state index contributed by atoms with van der Waals surface area (Å²) in [5.41, 5.74) is 2.06. The van der Waals surface area contributed by atoms with Crippen LogP contribution in [0.2, 0.25) is 0 Å². The van der Waals surface area contributed by atoms with Gasteiger partial charge in [-0.3, -0.25) is 0 Å². The molecule has 0 aliphatic rings. The molecule has 2 aromatic heterocycles. The fourth-order valence-corrected chi connectivity index (χ4v) is 1.35. The average molecular weight is 175 g/mol. The number of hydrogen-bond donors (Lipinski definition) is 0. The van der Waals surface area contributed by atoms with Gasteiger partial charge < -0.3 is 0 Å². The predicted octanol–water partition coefficient (Wildman–Crippen LogP) is 2.07. The van der Waals surface area contributed by atoms with Gasteiger partial charge in [-0.05, 0) is 25.0 Å². The van der Waals surface area contributed by atoms with Crippen LogP contribution in [-0.2, 0) is 6.42 Å². The van der Waals surface area contributed by atoms with E-state index in [1.807, 2.05) is 16.8 Å². The van der Waals surface area contributed by atoms with Crippen molar-refractivity contribution < 1.29 is 0 Å². The van der Waals surface area contributed by atoms with Gasteiger partial charge in [0.2, 0.25) is 0 Å². The summed E-state index contributed by atoms with van der Waals surface area (Å²) in [7, 11) is 0. The van der Waals surface area contributed by atoms with Gasteiger partial charge in [0.25, 0.3) is 0 Å². The second kappa shape index (κ2) is 3.56. The maximum absolute atomic E-state index is 4.43. The fraction of sp³-hybridized carbons (Fsp3) is 0.400. The lowest BCUT2D eigenvalue weighted by atomic mass is 10.2. The van der Waals surface area contributed by atoms with Gasteiger partial charge in [-0.25, -0.2) is 9.50 Å².